The Kier molecular flexibility index (Phi) is 5.62. The molecule has 2 heteroatoms. The highest BCUT2D eigenvalue weighted by Crippen LogP contribution is 2.21. The van der Waals surface area contributed by atoms with Crippen LogP contribution in [0.4, 0.5) is 0 Å². The molecule has 1 rings (SSSR count). The van der Waals surface area contributed by atoms with E-state index in [1.807, 2.05) is 0 Å². The van der Waals surface area contributed by atoms with Gasteiger partial charge in [0.05, 0.1) is 0 Å². The maximum absolute atomic E-state index is 5.85. The number of rotatable bonds is 5. The second-order valence-electron chi connectivity index (χ2n) is 5.44. The lowest BCUT2D eigenvalue weighted by atomic mass is 9.97. The van der Waals surface area contributed by atoms with Gasteiger partial charge in [-0.05, 0) is 45.1 Å². The van der Waals surface area contributed by atoms with E-state index in [0.717, 1.165) is 18.5 Å². The summed E-state index contributed by atoms with van der Waals surface area (Å²) in [5.74, 6) is 0.827. The maximum atomic E-state index is 5.85. The van der Waals surface area contributed by atoms with Crippen LogP contribution >= 0.6 is 0 Å². The highest BCUT2D eigenvalue weighted by molar-refractivity contribution is 4.81. The minimum absolute atomic E-state index is 0.654. The average Bonchev–Trinajstić information content (AvgIpc) is 2.25. The van der Waals surface area contributed by atoms with E-state index in [0.29, 0.717) is 6.04 Å². The Morgan fingerprint density at radius 2 is 1.93 bits per heavy atom. The molecule has 2 nitrogen and oxygen atoms in total. The smallest absolute Gasteiger partial charge is 0.0221 e. The van der Waals surface area contributed by atoms with E-state index in [4.69, 9.17) is 5.73 Å². The molecule has 1 fully saturated rings. The van der Waals surface area contributed by atoms with Crippen LogP contribution in [-0.4, -0.2) is 30.1 Å². The van der Waals surface area contributed by atoms with Crippen LogP contribution in [0.5, 0.6) is 0 Å². The van der Waals surface area contributed by atoms with Gasteiger partial charge >= 0.3 is 0 Å². The molecule has 90 valence electrons. The van der Waals surface area contributed by atoms with Gasteiger partial charge in [-0.1, -0.05) is 20.3 Å². The van der Waals surface area contributed by atoms with E-state index in [-0.39, 0.29) is 0 Å². The maximum Gasteiger partial charge on any atom is 0.0221 e. The number of piperidine rings is 1. The van der Waals surface area contributed by atoms with Crippen LogP contribution in [0.1, 0.15) is 52.9 Å². The number of likely N-dealkylation sites (tertiary alicyclic amines) is 1. The predicted octanol–water partition coefficient (Wildman–Crippen LogP) is 2.62. The van der Waals surface area contributed by atoms with Crippen LogP contribution in [0.3, 0.4) is 0 Å². The summed E-state index contributed by atoms with van der Waals surface area (Å²) < 4.78 is 0. The fraction of sp³-hybridized carbons (Fsp3) is 1.00. The summed E-state index contributed by atoms with van der Waals surface area (Å²) in [5.41, 5.74) is 5.85. The largest absolute Gasteiger partial charge is 0.329 e. The molecule has 0 bridgehead atoms. The summed E-state index contributed by atoms with van der Waals surface area (Å²) >= 11 is 0. The average molecular weight is 212 g/mol. The first-order valence-corrected chi connectivity index (χ1v) is 6.61. The molecular formula is C13H28N2. The fourth-order valence-electron chi connectivity index (χ4n) is 2.60. The van der Waals surface area contributed by atoms with Crippen LogP contribution in [-0.2, 0) is 0 Å². The van der Waals surface area contributed by atoms with Gasteiger partial charge in [0.1, 0.15) is 0 Å². The van der Waals surface area contributed by atoms with Gasteiger partial charge in [-0.3, -0.25) is 4.90 Å². The molecule has 2 N–H and O–H groups in total. The summed E-state index contributed by atoms with van der Waals surface area (Å²) in [7, 11) is 0. The lowest BCUT2D eigenvalue weighted by Crippen LogP contribution is -2.48. The number of nitrogens with two attached hydrogens (primary N) is 1. The van der Waals surface area contributed by atoms with Gasteiger partial charge in [-0.15, -0.1) is 0 Å². The van der Waals surface area contributed by atoms with Crippen molar-refractivity contribution in [2.75, 3.05) is 13.1 Å². The van der Waals surface area contributed by atoms with Crippen molar-refractivity contribution >= 4 is 0 Å². The molecule has 0 spiro atoms. The molecule has 1 heterocycles. The van der Waals surface area contributed by atoms with Crippen LogP contribution in [0, 0.1) is 5.92 Å². The monoisotopic (exact) mass is 212 g/mol. The molecule has 0 saturated carbocycles. The van der Waals surface area contributed by atoms with Crippen LogP contribution in [0.15, 0.2) is 0 Å². The third-order valence-electron chi connectivity index (χ3n) is 3.67. The summed E-state index contributed by atoms with van der Waals surface area (Å²) in [6.07, 6.45) is 6.71. The molecule has 1 saturated heterocycles. The zero-order valence-corrected chi connectivity index (χ0v) is 10.7. The Labute approximate surface area is 95.2 Å². The molecule has 0 aromatic rings. The van der Waals surface area contributed by atoms with Crippen LogP contribution < -0.4 is 5.73 Å². The normalized spacial score (nSPS) is 25.8. The van der Waals surface area contributed by atoms with Crippen molar-refractivity contribution in [3.05, 3.63) is 0 Å². The molecule has 2 unspecified atom stereocenters. The van der Waals surface area contributed by atoms with Crippen LogP contribution in [0.25, 0.3) is 0 Å². The van der Waals surface area contributed by atoms with Crippen molar-refractivity contribution in [2.45, 2.75) is 65.0 Å². The molecule has 0 aromatic carbocycles. The second kappa shape index (κ2) is 6.49. The summed E-state index contributed by atoms with van der Waals surface area (Å²) in [6.45, 7) is 9.09. The van der Waals surface area contributed by atoms with Gasteiger partial charge in [0, 0.05) is 18.6 Å². The molecule has 0 radical (unpaired) electrons. The zero-order chi connectivity index (χ0) is 11.3. The quantitative estimate of drug-likeness (QED) is 0.759. The minimum Gasteiger partial charge on any atom is -0.329 e. The first-order valence-electron chi connectivity index (χ1n) is 6.61. The van der Waals surface area contributed by atoms with Crippen molar-refractivity contribution in [3.8, 4) is 0 Å². The molecule has 0 aliphatic carbocycles. The fourth-order valence-corrected chi connectivity index (χ4v) is 2.60. The number of nitrogens with zero attached hydrogens (tertiary/aromatic N) is 1. The van der Waals surface area contributed by atoms with Gasteiger partial charge in [-0.2, -0.15) is 0 Å². The molecule has 0 amide bonds. The number of hydrogen-bond acceptors (Lipinski definition) is 2. The van der Waals surface area contributed by atoms with Gasteiger partial charge in [0.15, 0.2) is 0 Å². The van der Waals surface area contributed by atoms with Crippen molar-refractivity contribution in [3.63, 3.8) is 0 Å². The Morgan fingerprint density at radius 3 is 2.53 bits per heavy atom. The number of hydrogen-bond donors (Lipinski definition) is 1. The predicted molar refractivity (Wildman–Crippen MR) is 66.9 cm³/mol. The molecule has 1 aliphatic heterocycles. The lowest BCUT2D eigenvalue weighted by molar-refractivity contribution is 0.0996. The van der Waals surface area contributed by atoms with Gasteiger partial charge in [-0.25, -0.2) is 0 Å². The second-order valence-corrected chi connectivity index (χ2v) is 5.44. The summed E-state index contributed by atoms with van der Waals surface area (Å²) in [4.78, 5) is 2.64. The Hall–Kier alpha value is -0.0800. The third-order valence-corrected chi connectivity index (χ3v) is 3.67. The first kappa shape index (κ1) is 13.0. The standard InChI is InChI=1S/C13H28N2/c1-11(2)7-8-12(3)15-9-5-4-6-13(15)10-14/h11-13H,4-10,14H2,1-3H3. The van der Waals surface area contributed by atoms with E-state index in [1.54, 1.807) is 0 Å². The van der Waals surface area contributed by atoms with E-state index in [1.165, 1.54) is 38.6 Å². The van der Waals surface area contributed by atoms with E-state index in [9.17, 15) is 0 Å². The summed E-state index contributed by atoms with van der Waals surface area (Å²) in [5, 5.41) is 0. The SMILES string of the molecule is CC(C)CCC(C)N1CCCCC1CN. The minimum atomic E-state index is 0.654. The molecule has 2 atom stereocenters. The highest BCUT2D eigenvalue weighted by atomic mass is 15.2. The van der Waals surface area contributed by atoms with Crippen molar-refractivity contribution in [2.24, 2.45) is 11.7 Å². The van der Waals surface area contributed by atoms with Crippen molar-refractivity contribution in [1.29, 1.82) is 0 Å². The molecule has 1 aliphatic rings. The Balaban J connectivity index is 2.37. The molecule has 0 aromatic heterocycles. The van der Waals surface area contributed by atoms with E-state index < -0.39 is 0 Å². The van der Waals surface area contributed by atoms with Gasteiger partial charge in [0.25, 0.3) is 0 Å². The van der Waals surface area contributed by atoms with Crippen molar-refractivity contribution in [1.82, 2.24) is 4.90 Å². The first-order chi connectivity index (χ1) is 7.15. The Bertz CT molecular complexity index is 168. The summed E-state index contributed by atoms with van der Waals surface area (Å²) in [6, 6.07) is 1.38. The molecular weight excluding hydrogens is 184 g/mol. The van der Waals surface area contributed by atoms with E-state index in [2.05, 4.69) is 25.7 Å². The highest BCUT2D eigenvalue weighted by Gasteiger charge is 2.24. The zero-order valence-electron chi connectivity index (χ0n) is 10.7. The van der Waals surface area contributed by atoms with Crippen LogP contribution in [0.2, 0.25) is 0 Å². The van der Waals surface area contributed by atoms with E-state index >= 15 is 0 Å². The molecule has 15 heavy (non-hydrogen) atoms. The van der Waals surface area contributed by atoms with Gasteiger partial charge < -0.3 is 5.73 Å². The van der Waals surface area contributed by atoms with Gasteiger partial charge in [0.2, 0.25) is 0 Å². The lowest BCUT2D eigenvalue weighted by Gasteiger charge is -2.39. The Morgan fingerprint density at radius 1 is 1.20 bits per heavy atom. The topological polar surface area (TPSA) is 29.3 Å². The van der Waals surface area contributed by atoms with Crippen molar-refractivity contribution < 1.29 is 0 Å². The third kappa shape index (κ3) is 4.12.